The van der Waals surface area contributed by atoms with Gasteiger partial charge in [-0.25, -0.2) is 0 Å². The van der Waals surface area contributed by atoms with Crippen molar-refractivity contribution >= 4 is 12.4 Å². The fourth-order valence-corrected chi connectivity index (χ4v) is 7.10. The molecule has 0 heterocycles. The summed E-state index contributed by atoms with van der Waals surface area (Å²) in [6.07, 6.45) is 16.4. The fraction of sp³-hybridized carbons (Fsp3) is 0.628. The van der Waals surface area contributed by atoms with Crippen LogP contribution in [0, 0.1) is 44.9 Å². The van der Waals surface area contributed by atoms with Gasteiger partial charge in [0, 0.05) is 11.8 Å². The third-order valence-electron chi connectivity index (χ3n) is 9.73. The molecule has 2 aliphatic carbocycles. The maximum atomic E-state index is 10.5. The van der Waals surface area contributed by atoms with E-state index in [0.29, 0.717) is 41.5 Å². The molecule has 0 radical (unpaired) electrons. The second-order valence-electron chi connectivity index (χ2n) is 16.2. The number of phenols is 1. The Bertz CT molecular complexity index is 1290. The molecule has 0 bridgehead atoms. The Balaban J connectivity index is 0.000000454. The second-order valence-corrected chi connectivity index (χ2v) is 16.2. The van der Waals surface area contributed by atoms with Gasteiger partial charge >= 0.3 is 26.2 Å². The molecule has 0 spiro atoms. The SMILES string of the molecule is Cc1cc(C=NC2CCCCC2C)c(O)c(CC(C)C)c1.[CH2-]c1c(C=NC2CCCCC2C)cc(CC(C)C)cc1C(C)(C)C.[CH3-].[Zr+2]. The molecular weight excluding hydrogens is 652 g/mol. The predicted octanol–water partition coefficient (Wildman–Crippen LogP) is 11.7. The average molecular weight is 720 g/mol. The predicted molar refractivity (Wildman–Crippen MR) is 204 cm³/mol. The molecular formula is C43H68N2OZr. The van der Waals surface area contributed by atoms with Crippen LogP contribution in [0.25, 0.3) is 0 Å². The van der Waals surface area contributed by atoms with Crippen molar-refractivity contribution in [1.29, 1.82) is 0 Å². The topological polar surface area (TPSA) is 45.0 Å². The van der Waals surface area contributed by atoms with Crippen LogP contribution in [0.5, 0.6) is 5.75 Å². The van der Waals surface area contributed by atoms with Crippen LogP contribution in [0.3, 0.4) is 0 Å². The number of nitrogens with zero attached hydrogens (tertiary/aromatic N) is 2. The molecule has 2 aliphatic rings. The third-order valence-corrected chi connectivity index (χ3v) is 9.73. The minimum absolute atomic E-state index is 0. The Morgan fingerprint density at radius 3 is 1.74 bits per heavy atom. The summed E-state index contributed by atoms with van der Waals surface area (Å²) in [4.78, 5) is 9.75. The van der Waals surface area contributed by atoms with Gasteiger partial charge < -0.3 is 17.5 Å². The third kappa shape index (κ3) is 13.6. The van der Waals surface area contributed by atoms with Crippen LogP contribution in [0.4, 0.5) is 0 Å². The summed E-state index contributed by atoms with van der Waals surface area (Å²) in [7, 11) is 0. The molecule has 2 aromatic rings. The van der Waals surface area contributed by atoms with Crippen LogP contribution in [0.1, 0.15) is 153 Å². The molecule has 0 aliphatic heterocycles. The van der Waals surface area contributed by atoms with E-state index in [-0.39, 0.29) is 39.0 Å². The zero-order chi connectivity index (χ0) is 33.3. The number of hydrogen-bond acceptors (Lipinski definition) is 3. The minimum atomic E-state index is 0. The summed E-state index contributed by atoms with van der Waals surface area (Å²) in [6, 6.07) is 9.72. The maximum Gasteiger partial charge on any atom is 2.00 e. The van der Waals surface area contributed by atoms with Crippen molar-refractivity contribution in [2.45, 2.75) is 151 Å². The van der Waals surface area contributed by atoms with Gasteiger partial charge in [-0.3, -0.25) is 4.99 Å². The number of aliphatic imine (C=N–C) groups is 2. The molecule has 47 heavy (non-hydrogen) atoms. The summed E-state index contributed by atoms with van der Waals surface area (Å²) in [5.41, 5.74) is 8.38. The Labute approximate surface area is 310 Å². The van der Waals surface area contributed by atoms with Crippen LogP contribution in [0.15, 0.2) is 34.3 Å². The van der Waals surface area contributed by atoms with Gasteiger partial charge in [0.25, 0.3) is 0 Å². The normalized spacial score (nSPS) is 21.8. The largest absolute Gasteiger partial charge is 2.00 e. The van der Waals surface area contributed by atoms with Crippen LogP contribution in [-0.4, -0.2) is 29.6 Å². The molecule has 4 heteroatoms. The van der Waals surface area contributed by atoms with E-state index in [1.807, 2.05) is 12.3 Å². The van der Waals surface area contributed by atoms with Crippen LogP contribution < -0.4 is 0 Å². The number of aryl methyl sites for hydroxylation is 1. The first-order valence-electron chi connectivity index (χ1n) is 18.0. The van der Waals surface area contributed by atoms with Crippen molar-refractivity contribution in [3.63, 3.8) is 0 Å². The molecule has 2 fully saturated rings. The number of aromatic hydroxyl groups is 1. The maximum absolute atomic E-state index is 10.5. The van der Waals surface area contributed by atoms with Crippen molar-refractivity contribution in [2.24, 2.45) is 33.7 Å². The summed E-state index contributed by atoms with van der Waals surface area (Å²) in [5, 5.41) is 10.5. The first kappa shape index (κ1) is 43.4. The quantitative estimate of drug-likeness (QED) is 0.214. The van der Waals surface area contributed by atoms with Gasteiger partial charge in [-0.05, 0) is 92.5 Å². The van der Waals surface area contributed by atoms with Gasteiger partial charge in [-0.15, -0.1) is 23.3 Å². The Morgan fingerprint density at radius 1 is 0.787 bits per heavy atom. The number of rotatable bonds is 8. The first-order valence-corrected chi connectivity index (χ1v) is 18.0. The molecule has 0 amide bonds. The molecule has 4 unspecified atom stereocenters. The van der Waals surface area contributed by atoms with Crippen molar-refractivity contribution in [3.05, 3.63) is 77.6 Å². The average Bonchev–Trinajstić information content (AvgIpc) is 2.95. The van der Waals surface area contributed by atoms with Crippen molar-refractivity contribution in [3.8, 4) is 5.75 Å². The molecule has 2 saturated carbocycles. The molecule has 2 aromatic carbocycles. The van der Waals surface area contributed by atoms with Gasteiger partial charge in [-0.1, -0.05) is 105 Å². The van der Waals surface area contributed by atoms with Crippen LogP contribution in [-0.2, 0) is 44.5 Å². The molecule has 4 rings (SSSR count). The molecule has 1 N–H and O–H groups in total. The van der Waals surface area contributed by atoms with E-state index in [1.165, 1.54) is 73.6 Å². The van der Waals surface area contributed by atoms with E-state index >= 15 is 0 Å². The summed E-state index contributed by atoms with van der Waals surface area (Å²) in [6.45, 7) is 26.9. The second kappa shape index (κ2) is 20.1. The van der Waals surface area contributed by atoms with E-state index in [1.54, 1.807) is 0 Å². The number of hydrogen-bond donors (Lipinski definition) is 1. The summed E-state index contributed by atoms with van der Waals surface area (Å²) >= 11 is 0. The van der Waals surface area contributed by atoms with E-state index in [9.17, 15) is 5.11 Å². The zero-order valence-corrected chi connectivity index (χ0v) is 34.5. The van der Waals surface area contributed by atoms with Crippen LogP contribution in [0.2, 0.25) is 0 Å². The zero-order valence-electron chi connectivity index (χ0n) is 32.0. The van der Waals surface area contributed by atoms with Crippen molar-refractivity contribution in [1.82, 2.24) is 0 Å². The van der Waals surface area contributed by atoms with E-state index in [2.05, 4.69) is 101 Å². The van der Waals surface area contributed by atoms with E-state index in [0.717, 1.165) is 29.5 Å². The molecule has 0 saturated heterocycles. The monoisotopic (exact) mass is 718 g/mol. The van der Waals surface area contributed by atoms with Crippen molar-refractivity contribution in [2.75, 3.05) is 0 Å². The molecule has 3 nitrogen and oxygen atoms in total. The first-order chi connectivity index (χ1) is 21.1. The van der Waals surface area contributed by atoms with Gasteiger partial charge in [0.15, 0.2) is 0 Å². The smallest absolute Gasteiger partial charge is 0.507 e. The van der Waals surface area contributed by atoms with Gasteiger partial charge in [0.2, 0.25) is 0 Å². The summed E-state index contributed by atoms with van der Waals surface area (Å²) < 4.78 is 0. The fourth-order valence-electron chi connectivity index (χ4n) is 7.10. The van der Waals surface area contributed by atoms with E-state index < -0.39 is 0 Å². The molecule has 4 atom stereocenters. The molecule has 260 valence electrons. The number of phenolic OH excluding ortho intramolecular Hbond substituents is 1. The van der Waals surface area contributed by atoms with Crippen LogP contribution >= 0.6 is 0 Å². The Kier molecular flexibility index (Phi) is 18.6. The minimum Gasteiger partial charge on any atom is -0.507 e. The summed E-state index contributed by atoms with van der Waals surface area (Å²) in [5.74, 6) is 3.00. The Morgan fingerprint density at radius 2 is 1.28 bits per heavy atom. The standard InChI is InChI=1S/C23H36N.C19H29NO.CH3.Zr/c1-16(2)12-19-13-20(18(4)21(14-19)23(5,6)7)15-24-22-11-9-8-10-17(22)3;1-13(2)9-16-10-14(3)11-17(19(16)21)12-20-18-8-6-5-7-15(18)4;;/h13-17,22H,4,8-12H2,1-3,5-7H3;10-13,15,18,21H,5-9H2,1-4H3;1H3;/q-1;;-1;+2. The van der Waals surface area contributed by atoms with Gasteiger partial charge in [-0.2, -0.15) is 12.5 Å². The van der Waals surface area contributed by atoms with Crippen molar-refractivity contribution < 1.29 is 31.3 Å². The molecule has 0 aromatic heterocycles. The van der Waals surface area contributed by atoms with E-state index in [4.69, 9.17) is 9.98 Å². The van der Waals surface area contributed by atoms with Gasteiger partial charge in [0.1, 0.15) is 5.75 Å². The Hall–Kier alpha value is -1.67. The number of benzene rings is 2. The van der Waals surface area contributed by atoms with Gasteiger partial charge in [0.05, 0.1) is 12.1 Å².